The van der Waals surface area contributed by atoms with E-state index in [2.05, 4.69) is 22.7 Å². The van der Waals surface area contributed by atoms with Crippen LogP contribution in [-0.4, -0.2) is 31.0 Å². The summed E-state index contributed by atoms with van der Waals surface area (Å²) in [4.78, 5) is 10.4. The fourth-order valence-electron chi connectivity index (χ4n) is 0.298. The van der Waals surface area contributed by atoms with Gasteiger partial charge >= 0.3 is 6.03 Å². The molecule has 0 unspecified atom stereocenters. The fourth-order valence-corrected chi connectivity index (χ4v) is 0.298. The first-order valence-corrected chi connectivity index (χ1v) is 2.66. The largest absolute Gasteiger partial charge is 0.395 e. The predicted molar refractivity (Wildman–Crippen MR) is 36.3 cm³/mol. The average molecular weight is 146 g/mol. The number of hydrazone groups is 1. The van der Waals surface area contributed by atoms with Crippen molar-refractivity contribution in [1.29, 1.82) is 0 Å². The number of amides is 2. The van der Waals surface area contributed by atoms with Crippen LogP contribution in [0.1, 0.15) is 0 Å². The van der Waals surface area contributed by atoms with Gasteiger partial charge in [0.1, 0.15) is 0 Å². The molecule has 0 aromatic heterocycles. The average Bonchev–Trinajstić information content (AvgIpc) is 1.89. The lowest BCUT2D eigenvalue weighted by Crippen LogP contribution is -2.43. The lowest BCUT2D eigenvalue weighted by molar-refractivity contribution is 0.232. The van der Waals surface area contributed by atoms with Crippen molar-refractivity contribution < 1.29 is 9.90 Å². The molecule has 0 aliphatic rings. The maximum atomic E-state index is 10.4. The van der Waals surface area contributed by atoms with E-state index in [-0.39, 0.29) is 6.61 Å². The van der Waals surface area contributed by atoms with E-state index in [0.29, 0.717) is 6.54 Å². The zero-order valence-electron chi connectivity index (χ0n) is 5.42. The summed E-state index contributed by atoms with van der Waals surface area (Å²) in [5.41, 5.74) is 6.63. The molecule has 0 saturated heterocycles. The lowest BCUT2D eigenvalue weighted by atomic mass is 10.7. The van der Waals surface area contributed by atoms with E-state index in [1.165, 1.54) is 0 Å². The van der Waals surface area contributed by atoms with Gasteiger partial charge in [0.25, 0.3) is 0 Å². The van der Waals surface area contributed by atoms with Gasteiger partial charge in [0.15, 0.2) is 0 Å². The molecule has 0 spiro atoms. The molecule has 0 aliphatic carbocycles. The monoisotopic (exact) mass is 146 g/mol. The third kappa shape index (κ3) is 5.01. The SMILES string of the molecule is C=NNC(=O)NNCCO. The van der Waals surface area contributed by atoms with Crippen LogP contribution in [0.4, 0.5) is 4.79 Å². The molecule has 0 aromatic carbocycles. The first-order valence-electron chi connectivity index (χ1n) is 2.66. The summed E-state index contributed by atoms with van der Waals surface area (Å²) in [5.74, 6) is 0. The van der Waals surface area contributed by atoms with E-state index in [1.54, 1.807) is 0 Å². The number of nitrogens with zero attached hydrogens (tertiary/aromatic N) is 1. The maximum Gasteiger partial charge on any atom is 0.349 e. The van der Waals surface area contributed by atoms with Gasteiger partial charge in [-0.15, -0.1) is 0 Å². The van der Waals surface area contributed by atoms with Gasteiger partial charge in [0.05, 0.1) is 6.61 Å². The normalized spacial score (nSPS) is 8.50. The first-order chi connectivity index (χ1) is 4.81. The molecule has 0 saturated carbocycles. The molecule has 0 aromatic rings. The summed E-state index contributed by atoms with van der Waals surface area (Å²) < 4.78 is 0. The summed E-state index contributed by atoms with van der Waals surface area (Å²) >= 11 is 0. The fraction of sp³-hybridized carbons (Fsp3) is 0.500. The summed E-state index contributed by atoms with van der Waals surface area (Å²) in [5, 5.41) is 11.3. The highest BCUT2D eigenvalue weighted by Crippen LogP contribution is 1.58. The summed E-state index contributed by atoms with van der Waals surface area (Å²) in [6.07, 6.45) is 0. The molecule has 58 valence electrons. The third-order valence-electron chi connectivity index (χ3n) is 0.619. The smallest absolute Gasteiger partial charge is 0.349 e. The molecular weight excluding hydrogens is 136 g/mol. The van der Waals surface area contributed by atoms with Gasteiger partial charge in [0, 0.05) is 13.3 Å². The number of carbonyl (C=O) groups is 1. The van der Waals surface area contributed by atoms with Gasteiger partial charge in [0.2, 0.25) is 0 Å². The van der Waals surface area contributed by atoms with Crippen LogP contribution in [0.5, 0.6) is 0 Å². The molecule has 4 N–H and O–H groups in total. The zero-order chi connectivity index (χ0) is 7.82. The standard InChI is InChI=1S/C4H10N4O2/c1-5-7-4(10)8-6-2-3-9/h6,9H,1-3H2,(H2,7,8,10). The van der Waals surface area contributed by atoms with Crippen molar-refractivity contribution in [2.45, 2.75) is 0 Å². The molecule has 0 bridgehead atoms. The van der Waals surface area contributed by atoms with Crippen molar-refractivity contribution in [2.24, 2.45) is 5.10 Å². The van der Waals surface area contributed by atoms with Crippen molar-refractivity contribution >= 4 is 12.7 Å². The van der Waals surface area contributed by atoms with Crippen LogP contribution in [0, 0.1) is 0 Å². The van der Waals surface area contributed by atoms with Crippen molar-refractivity contribution in [3.05, 3.63) is 0 Å². The molecule has 6 nitrogen and oxygen atoms in total. The van der Waals surface area contributed by atoms with Gasteiger partial charge in [-0.05, 0) is 0 Å². The highest BCUT2D eigenvalue weighted by molar-refractivity contribution is 5.73. The summed E-state index contributed by atoms with van der Waals surface area (Å²) in [6.45, 7) is 3.29. The number of aliphatic hydroxyl groups excluding tert-OH is 1. The molecular formula is C4H10N4O2. The Hall–Kier alpha value is -1.14. The number of hydrogen-bond acceptors (Lipinski definition) is 4. The van der Waals surface area contributed by atoms with Crippen molar-refractivity contribution in [3.63, 3.8) is 0 Å². The Morgan fingerprint density at radius 3 is 2.90 bits per heavy atom. The Labute approximate surface area is 58.3 Å². The lowest BCUT2D eigenvalue weighted by Gasteiger charge is -2.02. The van der Waals surface area contributed by atoms with Crippen molar-refractivity contribution in [2.75, 3.05) is 13.2 Å². The molecule has 0 radical (unpaired) electrons. The van der Waals surface area contributed by atoms with Gasteiger partial charge in [-0.2, -0.15) is 5.10 Å². The number of aliphatic hydroxyl groups is 1. The second-order valence-electron chi connectivity index (χ2n) is 1.37. The topological polar surface area (TPSA) is 85.8 Å². The van der Waals surface area contributed by atoms with Crippen LogP contribution in [0.2, 0.25) is 0 Å². The number of hydrogen-bond donors (Lipinski definition) is 4. The minimum absolute atomic E-state index is 0.0399. The van der Waals surface area contributed by atoms with E-state index in [4.69, 9.17) is 5.11 Å². The Morgan fingerprint density at radius 2 is 2.40 bits per heavy atom. The highest BCUT2D eigenvalue weighted by atomic mass is 16.3. The van der Waals surface area contributed by atoms with Crippen LogP contribution < -0.4 is 16.3 Å². The van der Waals surface area contributed by atoms with Crippen LogP contribution in [0.25, 0.3) is 0 Å². The Balaban J connectivity index is 3.13. The van der Waals surface area contributed by atoms with E-state index in [9.17, 15) is 4.79 Å². The molecule has 2 amide bonds. The minimum atomic E-state index is -0.511. The minimum Gasteiger partial charge on any atom is -0.395 e. The quantitative estimate of drug-likeness (QED) is 0.219. The van der Waals surface area contributed by atoms with E-state index in [1.807, 2.05) is 5.43 Å². The van der Waals surface area contributed by atoms with Crippen LogP contribution in [0.3, 0.4) is 0 Å². The highest BCUT2D eigenvalue weighted by Gasteiger charge is 1.92. The van der Waals surface area contributed by atoms with E-state index >= 15 is 0 Å². The van der Waals surface area contributed by atoms with Crippen LogP contribution in [-0.2, 0) is 0 Å². The molecule has 10 heavy (non-hydrogen) atoms. The summed E-state index contributed by atoms with van der Waals surface area (Å²) in [7, 11) is 0. The second-order valence-corrected chi connectivity index (χ2v) is 1.37. The molecule has 0 heterocycles. The van der Waals surface area contributed by atoms with Gasteiger partial charge < -0.3 is 5.11 Å². The molecule has 0 atom stereocenters. The van der Waals surface area contributed by atoms with Crippen LogP contribution in [0.15, 0.2) is 5.10 Å². The van der Waals surface area contributed by atoms with Gasteiger partial charge in [-0.25, -0.2) is 15.6 Å². The van der Waals surface area contributed by atoms with Gasteiger partial charge in [-0.3, -0.25) is 5.43 Å². The molecule has 0 fully saturated rings. The first kappa shape index (κ1) is 8.86. The maximum absolute atomic E-state index is 10.4. The number of urea groups is 1. The second kappa shape index (κ2) is 5.99. The van der Waals surface area contributed by atoms with E-state index in [0.717, 1.165) is 0 Å². The van der Waals surface area contributed by atoms with Crippen LogP contribution >= 0.6 is 0 Å². The number of nitrogens with one attached hydrogen (secondary N) is 3. The molecule has 0 aliphatic heterocycles. The van der Waals surface area contributed by atoms with E-state index < -0.39 is 6.03 Å². The number of rotatable bonds is 4. The predicted octanol–water partition coefficient (Wildman–Crippen LogP) is -1.60. The summed E-state index contributed by atoms with van der Waals surface area (Å²) in [6, 6.07) is -0.511. The Morgan fingerprint density at radius 1 is 1.70 bits per heavy atom. The van der Waals surface area contributed by atoms with Crippen molar-refractivity contribution in [1.82, 2.24) is 16.3 Å². The third-order valence-corrected chi connectivity index (χ3v) is 0.619. The van der Waals surface area contributed by atoms with Crippen molar-refractivity contribution in [3.8, 4) is 0 Å². The number of carbonyl (C=O) groups excluding carboxylic acids is 1. The number of hydrazine groups is 1. The molecule has 0 rings (SSSR count). The molecule has 6 heteroatoms. The zero-order valence-corrected chi connectivity index (χ0v) is 5.42. The van der Waals surface area contributed by atoms with Gasteiger partial charge in [-0.1, -0.05) is 0 Å². The Bertz CT molecular complexity index is 116. The Kier molecular flexibility index (Phi) is 5.30.